The van der Waals surface area contributed by atoms with Crippen molar-refractivity contribution in [3.63, 3.8) is 0 Å². The number of pyridine rings is 1. The Morgan fingerprint density at radius 2 is 1.84 bits per heavy atom. The highest BCUT2D eigenvalue weighted by molar-refractivity contribution is 5.97. The van der Waals surface area contributed by atoms with Crippen molar-refractivity contribution in [2.75, 3.05) is 17.2 Å². The van der Waals surface area contributed by atoms with E-state index < -0.39 is 0 Å². The standard InChI is InChI=1S/C18H19N5O.ClH/c1-2-24-14-6-3-12(4-7-14)22-16-9-10-21-17-11-13(23-18(19)20)5-8-15(16)17;/h3-11H,2H2,1H3,(H,21,22)(H4,19,20,23);1H. The van der Waals surface area contributed by atoms with Crippen LogP contribution in [0.4, 0.5) is 17.1 Å². The molecular weight excluding hydrogens is 338 g/mol. The van der Waals surface area contributed by atoms with E-state index >= 15 is 0 Å². The van der Waals surface area contributed by atoms with Gasteiger partial charge in [-0.3, -0.25) is 10.4 Å². The predicted molar refractivity (Wildman–Crippen MR) is 105 cm³/mol. The first-order valence-electron chi connectivity index (χ1n) is 7.65. The second kappa shape index (κ2) is 8.21. The van der Waals surface area contributed by atoms with Crippen LogP contribution in [0, 0.1) is 5.41 Å². The van der Waals surface area contributed by atoms with Crippen molar-refractivity contribution in [1.29, 1.82) is 5.41 Å². The number of ether oxygens (including phenoxy) is 1. The molecule has 7 heteroatoms. The Bertz CT molecular complexity index is 867. The number of guanidine groups is 1. The van der Waals surface area contributed by atoms with E-state index in [1.807, 2.05) is 55.5 Å². The van der Waals surface area contributed by atoms with E-state index in [1.54, 1.807) is 6.20 Å². The molecule has 0 unspecified atom stereocenters. The number of hydrogen-bond donors (Lipinski definition) is 4. The summed E-state index contributed by atoms with van der Waals surface area (Å²) in [6.45, 7) is 2.61. The number of benzene rings is 2. The van der Waals surface area contributed by atoms with Gasteiger partial charge in [0.1, 0.15) is 5.75 Å². The van der Waals surface area contributed by atoms with Crippen molar-refractivity contribution in [3.05, 3.63) is 54.7 Å². The van der Waals surface area contributed by atoms with Crippen molar-refractivity contribution in [3.8, 4) is 5.75 Å². The molecule has 25 heavy (non-hydrogen) atoms. The third-order valence-corrected chi connectivity index (χ3v) is 3.47. The van der Waals surface area contributed by atoms with Crippen LogP contribution in [0.2, 0.25) is 0 Å². The summed E-state index contributed by atoms with van der Waals surface area (Å²) in [7, 11) is 0. The molecule has 0 amide bonds. The monoisotopic (exact) mass is 357 g/mol. The fourth-order valence-corrected chi connectivity index (χ4v) is 2.45. The molecule has 3 aromatic rings. The summed E-state index contributed by atoms with van der Waals surface area (Å²) < 4.78 is 5.45. The van der Waals surface area contributed by atoms with Crippen LogP contribution in [0.15, 0.2) is 54.7 Å². The number of nitrogens with two attached hydrogens (primary N) is 1. The van der Waals surface area contributed by atoms with E-state index in [1.165, 1.54) is 0 Å². The molecule has 0 atom stereocenters. The smallest absolute Gasteiger partial charge is 0.190 e. The van der Waals surface area contributed by atoms with Crippen molar-refractivity contribution < 1.29 is 4.74 Å². The van der Waals surface area contributed by atoms with Crippen LogP contribution in [-0.4, -0.2) is 17.6 Å². The Balaban J connectivity index is 0.00000225. The normalized spacial score (nSPS) is 9.96. The third-order valence-electron chi connectivity index (χ3n) is 3.47. The van der Waals surface area contributed by atoms with E-state index in [2.05, 4.69) is 15.6 Å². The van der Waals surface area contributed by atoms with Gasteiger partial charge in [-0.2, -0.15) is 0 Å². The lowest BCUT2D eigenvalue weighted by molar-refractivity contribution is 0.340. The largest absolute Gasteiger partial charge is 0.494 e. The van der Waals surface area contributed by atoms with Gasteiger partial charge in [-0.25, -0.2) is 0 Å². The summed E-state index contributed by atoms with van der Waals surface area (Å²) in [6.07, 6.45) is 1.75. The van der Waals surface area contributed by atoms with Gasteiger partial charge in [0.05, 0.1) is 12.1 Å². The van der Waals surface area contributed by atoms with Crippen LogP contribution < -0.4 is 21.1 Å². The summed E-state index contributed by atoms with van der Waals surface area (Å²) in [5, 5.41) is 14.5. The summed E-state index contributed by atoms with van der Waals surface area (Å²) in [4.78, 5) is 4.38. The van der Waals surface area contributed by atoms with Crippen LogP contribution in [0.5, 0.6) is 5.75 Å². The van der Waals surface area contributed by atoms with E-state index in [0.29, 0.717) is 6.61 Å². The molecule has 0 aliphatic heterocycles. The molecule has 0 radical (unpaired) electrons. The Labute approximate surface area is 152 Å². The minimum Gasteiger partial charge on any atom is -0.494 e. The predicted octanol–water partition coefficient (Wildman–Crippen LogP) is 4.10. The highest BCUT2D eigenvalue weighted by atomic mass is 35.5. The molecule has 0 saturated carbocycles. The first-order valence-corrected chi connectivity index (χ1v) is 7.65. The highest BCUT2D eigenvalue weighted by Gasteiger charge is 2.04. The summed E-state index contributed by atoms with van der Waals surface area (Å²) >= 11 is 0. The molecule has 2 aromatic carbocycles. The van der Waals surface area contributed by atoms with Gasteiger partial charge in [-0.05, 0) is 55.5 Å². The SMILES string of the molecule is CCOc1ccc(Nc2ccnc3cc(NC(=N)N)ccc23)cc1.Cl. The summed E-state index contributed by atoms with van der Waals surface area (Å²) in [5.41, 5.74) is 8.84. The lowest BCUT2D eigenvalue weighted by Crippen LogP contribution is -2.20. The van der Waals surface area contributed by atoms with Crippen LogP contribution in [0.3, 0.4) is 0 Å². The molecule has 5 N–H and O–H groups in total. The lowest BCUT2D eigenvalue weighted by Gasteiger charge is -2.11. The van der Waals surface area contributed by atoms with Crippen LogP contribution in [0.1, 0.15) is 6.92 Å². The number of fused-ring (bicyclic) bond motifs is 1. The van der Waals surface area contributed by atoms with Gasteiger partial charge in [0.15, 0.2) is 5.96 Å². The Morgan fingerprint density at radius 3 is 2.52 bits per heavy atom. The number of nitrogens with one attached hydrogen (secondary N) is 3. The molecule has 1 aromatic heterocycles. The second-order valence-corrected chi connectivity index (χ2v) is 5.21. The number of nitrogens with zero attached hydrogens (tertiary/aromatic N) is 1. The molecule has 6 nitrogen and oxygen atoms in total. The van der Waals surface area contributed by atoms with Gasteiger partial charge in [0.25, 0.3) is 0 Å². The zero-order chi connectivity index (χ0) is 16.9. The maximum atomic E-state index is 7.30. The molecule has 1 heterocycles. The average molecular weight is 358 g/mol. The van der Waals surface area contributed by atoms with Crippen molar-refractivity contribution in [2.45, 2.75) is 6.92 Å². The fourth-order valence-electron chi connectivity index (χ4n) is 2.45. The number of halogens is 1. The minimum atomic E-state index is -0.0991. The zero-order valence-electron chi connectivity index (χ0n) is 13.7. The quantitative estimate of drug-likeness (QED) is 0.407. The maximum Gasteiger partial charge on any atom is 0.190 e. The molecule has 0 bridgehead atoms. The molecule has 3 rings (SSSR count). The van der Waals surface area contributed by atoms with Crippen LogP contribution in [0.25, 0.3) is 10.9 Å². The average Bonchev–Trinajstić information content (AvgIpc) is 2.56. The molecule has 0 spiro atoms. The Kier molecular flexibility index (Phi) is 6.03. The Hall–Kier alpha value is -2.99. The van der Waals surface area contributed by atoms with E-state index in [-0.39, 0.29) is 18.4 Å². The van der Waals surface area contributed by atoms with Crippen molar-refractivity contribution >= 4 is 46.3 Å². The zero-order valence-corrected chi connectivity index (χ0v) is 14.6. The Morgan fingerprint density at radius 1 is 1.12 bits per heavy atom. The molecule has 0 aliphatic rings. The molecular formula is C18H20ClN5O. The molecule has 0 fully saturated rings. The van der Waals surface area contributed by atoms with Gasteiger partial charge in [-0.15, -0.1) is 12.4 Å². The third kappa shape index (κ3) is 4.51. The number of hydrogen-bond acceptors (Lipinski definition) is 4. The van der Waals surface area contributed by atoms with Gasteiger partial charge >= 0.3 is 0 Å². The van der Waals surface area contributed by atoms with E-state index in [4.69, 9.17) is 15.9 Å². The highest BCUT2D eigenvalue weighted by Crippen LogP contribution is 2.27. The van der Waals surface area contributed by atoms with Gasteiger partial charge in [-0.1, -0.05) is 0 Å². The number of rotatable bonds is 5. The van der Waals surface area contributed by atoms with Crippen molar-refractivity contribution in [2.24, 2.45) is 5.73 Å². The summed E-state index contributed by atoms with van der Waals surface area (Å²) in [6, 6.07) is 15.4. The topological polar surface area (TPSA) is 96.0 Å². The molecule has 0 aliphatic carbocycles. The van der Waals surface area contributed by atoms with Gasteiger partial charge < -0.3 is 21.1 Å². The molecule has 130 valence electrons. The maximum absolute atomic E-state index is 7.30. The fraction of sp³-hybridized carbons (Fsp3) is 0.111. The lowest BCUT2D eigenvalue weighted by atomic mass is 10.1. The van der Waals surface area contributed by atoms with Crippen molar-refractivity contribution in [1.82, 2.24) is 4.98 Å². The molecule has 0 saturated heterocycles. The van der Waals surface area contributed by atoms with Crippen LogP contribution >= 0.6 is 12.4 Å². The van der Waals surface area contributed by atoms with E-state index in [0.717, 1.165) is 33.7 Å². The van der Waals surface area contributed by atoms with Gasteiger partial charge in [0.2, 0.25) is 0 Å². The number of anilines is 3. The minimum absolute atomic E-state index is 0. The van der Waals surface area contributed by atoms with Gasteiger partial charge in [0, 0.05) is 28.6 Å². The van der Waals surface area contributed by atoms with E-state index in [9.17, 15) is 0 Å². The second-order valence-electron chi connectivity index (χ2n) is 5.21. The van der Waals surface area contributed by atoms with Crippen LogP contribution in [-0.2, 0) is 0 Å². The summed E-state index contributed by atoms with van der Waals surface area (Å²) in [5.74, 6) is 0.751. The first-order chi connectivity index (χ1) is 11.7. The number of aromatic nitrogens is 1. The first kappa shape index (κ1) is 18.4.